The van der Waals surface area contributed by atoms with Crippen LogP contribution in [0.1, 0.15) is 45.6 Å². The number of carbonyl (C=O) groups excluding carboxylic acids is 2. The lowest BCUT2D eigenvalue weighted by atomic mass is 10.2. The summed E-state index contributed by atoms with van der Waals surface area (Å²) in [6, 6.07) is 5.05. The second kappa shape index (κ2) is 8.12. The monoisotopic (exact) mass is 394 g/mol. The Hall–Kier alpha value is -2.35. The quantitative estimate of drug-likeness (QED) is 0.785. The van der Waals surface area contributed by atoms with Crippen LogP contribution in [-0.4, -0.2) is 37.6 Å². The van der Waals surface area contributed by atoms with Gasteiger partial charge in [-0.1, -0.05) is 29.3 Å². The van der Waals surface area contributed by atoms with Crippen LogP contribution < -0.4 is 4.72 Å². The molecule has 0 spiro atoms. The second-order valence-electron chi connectivity index (χ2n) is 7.54. The average molecular weight is 394 g/mol. The van der Waals surface area contributed by atoms with E-state index in [9.17, 15) is 18.0 Å². The van der Waals surface area contributed by atoms with Gasteiger partial charge in [-0.3, -0.25) is 0 Å². The molecule has 3 amide bonds. The highest BCUT2D eigenvalue weighted by Crippen LogP contribution is 2.20. The Kier molecular flexibility index (Phi) is 6.30. The van der Waals surface area contributed by atoms with Gasteiger partial charge in [0.1, 0.15) is 5.60 Å². The fourth-order valence-corrected chi connectivity index (χ4v) is 3.52. The molecule has 2 rings (SSSR count). The Balaban J connectivity index is 2.21. The number of sulfonamides is 1. The molecule has 0 radical (unpaired) electrons. The van der Waals surface area contributed by atoms with Gasteiger partial charge < -0.3 is 4.74 Å². The van der Waals surface area contributed by atoms with E-state index in [1.165, 1.54) is 12.1 Å². The molecule has 1 N–H and O–H groups in total. The van der Waals surface area contributed by atoms with E-state index < -0.39 is 27.7 Å². The van der Waals surface area contributed by atoms with Crippen molar-refractivity contribution in [3.8, 4) is 0 Å². The number of benzene rings is 1. The molecular weight excluding hydrogens is 368 g/mol. The third-order valence-electron chi connectivity index (χ3n) is 3.91. The summed E-state index contributed by atoms with van der Waals surface area (Å²) in [7, 11) is -4.10. The van der Waals surface area contributed by atoms with Crippen LogP contribution in [0.3, 0.4) is 0 Å². The molecule has 0 aliphatic heterocycles. The number of rotatable bonds is 4. The number of amides is 3. The first-order valence-electron chi connectivity index (χ1n) is 8.80. The van der Waals surface area contributed by atoms with Crippen molar-refractivity contribution in [1.29, 1.82) is 0 Å². The molecule has 0 aromatic heterocycles. The lowest BCUT2D eigenvalue weighted by Crippen LogP contribution is -2.48. The summed E-state index contributed by atoms with van der Waals surface area (Å²) in [6.07, 6.45) is 3.66. The van der Waals surface area contributed by atoms with Gasteiger partial charge in [-0.2, -0.15) is 0 Å². The van der Waals surface area contributed by atoms with E-state index in [-0.39, 0.29) is 11.4 Å². The van der Waals surface area contributed by atoms with Crippen LogP contribution in [0.25, 0.3) is 0 Å². The van der Waals surface area contributed by atoms with Crippen molar-refractivity contribution in [2.45, 2.75) is 57.5 Å². The molecule has 27 heavy (non-hydrogen) atoms. The molecule has 0 saturated heterocycles. The summed E-state index contributed by atoms with van der Waals surface area (Å²) < 4.78 is 32.2. The molecule has 1 aliphatic carbocycles. The highest BCUT2D eigenvalue weighted by Gasteiger charge is 2.31. The van der Waals surface area contributed by atoms with E-state index in [2.05, 4.69) is 0 Å². The number of urea groups is 1. The fourth-order valence-electron chi connectivity index (χ4n) is 2.57. The van der Waals surface area contributed by atoms with Crippen molar-refractivity contribution in [3.05, 3.63) is 41.5 Å². The van der Waals surface area contributed by atoms with Crippen molar-refractivity contribution >= 4 is 22.1 Å². The molecule has 148 valence electrons. The first-order valence-corrected chi connectivity index (χ1v) is 10.3. The Labute approximate surface area is 160 Å². The number of nitrogens with one attached hydrogen (secondary N) is 1. The van der Waals surface area contributed by atoms with Crippen LogP contribution in [-0.2, 0) is 14.8 Å². The first kappa shape index (κ1) is 21.0. The Morgan fingerprint density at radius 1 is 1.19 bits per heavy atom. The molecule has 0 bridgehead atoms. The van der Waals surface area contributed by atoms with Crippen LogP contribution in [0, 0.1) is 6.92 Å². The van der Waals surface area contributed by atoms with E-state index in [4.69, 9.17) is 4.74 Å². The van der Waals surface area contributed by atoms with Crippen molar-refractivity contribution in [1.82, 2.24) is 9.62 Å². The number of allylic oxidation sites excluding steroid dienone is 1. The van der Waals surface area contributed by atoms with Gasteiger partial charge in [0, 0.05) is 0 Å². The minimum absolute atomic E-state index is 0.00413. The minimum Gasteiger partial charge on any atom is -0.443 e. The van der Waals surface area contributed by atoms with Gasteiger partial charge in [-0.25, -0.2) is 27.6 Å². The van der Waals surface area contributed by atoms with Crippen molar-refractivity contribution in [3.63, 3.8) is 0 Å². The average Bonchev–Trinajstić information content (AvgIpc) is 3.03. The van der Waals surface area contributed by atoms with Crippen LogP contribution in [0.5, 0.6) is 0 Å². The standard InChI is InChI=1S/C19H26N2O5S/c1-14-9-11-16(12-10-14)27(24,25)20-17(22)21(13-15-7-5-6-8-15)18(23)26-19(2,3)4/h7,9-12H,5-6,8,13H2,1-4H3,(H,20,22). The summed E-state index contributed by atoms with van der Waals surface area (Å²) >= 11 is 0. The molecule has 8 heteroatoms. The molecule has 7 nitrogen and oxygen atoms in total. The number of imide groups is 1. The zero-order valence-electron chi connectivity index (χ0n) is 16.1. The number of nitrogens with zero attached hydrogens (tertiary/aromatic N) is 1. The molecule has 0 fully saturated rings. The fraction of sp³-hybridized carbons (Fsp3) is 0.474. The molecule has 0 heterocycles. The minimum atomic E-state index is -4.10. The summed E-state index contributed by atoms with van der Waals surface area (Å²) in [4.78, 5) is 25.8. The number of hydrogen-bond donors (Lipinski definition) is 1. The highest BCUT2D eigenvalue weighted by molar-refractivity contribution is 7.90. The van der Waals surface area contributed by atoms with E-state index in [0.717, 1.165) is 35.3 Å². The normalized spacial score (nSPS) is 14.4. The van der Waals surface area contributed by atoms with Crippen LogP contribution in [0.4, 0.5) is 9.59 Å². The topological polar surface area (TPSA) is 92.8 Å². The van der Waals surface area contributed by atoms with E-state index in [1.54, 1.807) is 32.9 Å². The third-order valence-corrected chi connectivity index (χ3v) is 5.24. The van der Waals surface area contributed by atoms with Crippen molar-refractivity contribution in [2.75, 3.05) is 6.54 Å². The van der Waals surface area contributed by atoms with Crippen LogP contribution in [0.2, 0.25) is 0 Å². The Morgan fingerprint density at radius 3 is 2.33 bits per heavy atom. The smallest absolute Gasteiger partial charge is 0.418 e. The van der Waals surface area contributed by atoms with Crippen LogP contribution >= 0.6 is 0 Å². The second-order valence-corrected chi connectivity index (χ2v) is 9.23. The van der Waals surface area contributed by atoms with E-state index in [1.807, 2.05) is 17.7 Å². The van der Waals surface area contributed by atoms with Crippen molar-refractivity contribution < 1.29 is 22.7 Å². The predicted octanol–water partition coefficient (Wildman–Crippen LogP) is 3.74. The SMILES string of the molecule is Cc1ccc(S(=O)(=O)NC(=O)N(CC2=CCCC2)C(=O)OC(C)(C)C)cc1. The molecule has 1 aliphatic rings. The van der Waals surface area contributed by atoms with Gasteiger partial charge in [0.15, 0.2) is 0 Å². The van der Waals surface area contributed by atoms with Crippen LogP contribution in [0.15, 0.2) is 40.8 Å². The van der Waals surface area contributed by atoms with Gasteiger partial charge >= 0.3 is 12.1 Å². The lowest BCUT2D eigenvalue weighted by Gasteiger charge is -2.26. The van der Waals surface area contributed by atoms with Gasteiger partial charge in [-0.15, -0.1) is 0 Å². The van der Waals surface area contributed by atoms with Gasteiger partial charge in [0.05, 0.1) is 11.4 Å². The maximum atomic E-state index is 12.6. The maximum absolute atomic E-state index is 12.6. The number of carbonyl (C=O) groups is 2. The zero-order chi connectivity index (χ0) is 20.2. The molecule has 0 atom stereocenters. The molecular formula is C19H26N2O5S. The number of aryl methyl sites for hydroxylation is 1. The largest absolute Gasteiger partial charge is 0.443 e. The first-order chi connectivity index (χ1) is 12.5. The zero-order valence-corrected chi connectivity index (χ0v) is 16.9. The summed E-state index contributed by atoms with van der Waals surface area (Å²) in [6.45, 7) is 6.87. The Morgan fingerprint density at radius 2 is 1.81 bits per heavy atom. The predicted molar refractivity (Wildman–Crippen MR) is 102 cm³/mol. The van der Waals surface area contributed by atoms with E-state index in [0.29, 0.717) is 0 Å². The number of hydrogen-bond acceptors (Lipinski definition) is 5. The summed E-state index contributed by atoms with van der Waals surface area (Å²) in [5, 5.41) is 0. The number of ether oxygens (including phenoxy) is 1. The molecule has 1 aromatic rings. The van der Waals surface area contributed by atoms with Gasteiger partial charge in [0.25, 0.3) is 10.0 Å². The van der Waals surface area contributed by atoms with Gasteiger partial charge in [0.2, 0.25) is 0 Å². The maximum Gasteiger partial charge on any atom is 0.418 e. The summed E-state index contributed by atoms with van der Waals surface area (Å²) in [5.41, 5.74) is 0.989. The molecule has 1 aromatic carbocycles. The van der Waals surface area contributed by atoms with E-state index >= 15 is 0 Å². The Bertz CT molecular complexity index is 836. The molecule has 0 saturated carbocycles. The van der Waals surface area contributed by atoms with Gasteiger partial charge in [-0.05, 0) is 59.1 Å². The summed E-state index contributed by atoms with van der Waals surface area (Å²) in [5.74, 6) is 0. The molecule has 0 unspecified atom stereocenters. The highest BCUT2D eigenvalue weighted by atomic mass is 32.2. The third kappa shape index (κ3) is 6.09. The lowest BCUT2D eigenvalue weighted by molar-refractivity contribution is 0.0338. The van der Waals surface area contributed by atoms with Crippen molar-refractivity contribution in [2.24, 2.45) is 0 Å².